The first-order valence-electron chi connectivity index (χ1n) is 10.4. The summed E-state index contributed by atoms with van der Waals surface area (Å²) in [4.78, 5) is 36.7. The van der Waals surface area contributed by atoms with Gasteiger partial charge < -0.3 is 5.32 Å². The number of thioether (sulfide) groups is 1. The van der Waals surface area contributed by atoms with Gasteiger partial charge in [0.1, 0.15) is 17.7 Å². The molecule has 6 nitrogen and oxygen atoms in total. The minimum Gasteiger partial charge on any atom is -0.325 e. The number of amidine groups is 2. The quantitative estimate of drug-likeness (QED) is 0.616. The second kappa shape index (κ2) is 8.99. The largest absolute Gasteiger partial charge is 0.325 e. The lowest BCUT2D eigenvalue weighted by Crippen LogP contribution is -2.41. The number of hydrogen-bond donors (Lipinski definition) is 1. The molecule has 1 atom stereocenters. The van der Waals surface area contributed by atoms with Crippen LogP contribution in [-0.2, 0) is 16.0 Å². The van der Waals surface area contributed by atoms with Gasteiger partial charge in [-0.2, -0.15) is 0 Å². The second-order valence-electron chi connectivity index (χ2n) is 7.59. The number of amides is 2. The van der Waals surface area contributed by atoms with Crippen molar-refractivity contribution in [1.82, 2.24) is 4.90 Å². The molecule has 2 heterocycles. The fourth-order valence-electron chi connectivity index (χ4n) is 3.73. The van der Waals surface area contributed by atoms with E-state index in [-0.39, 0.29) is 23.4 Å². The number of halogens is 1. The van der Waals surface area contributed by atoms with Crippen molar-refractivity contribution in [3.05, 3.63) is 95.8 Å². The summed E-state index contributed by atoms with van der Waals surface area (Å²) < 4.78 is 13.1. The van der Waals surface area contributed by atoms with Gasteiger partial charge in [0.2, 0.25) is 5.91 Å². The van der Waals surface area contributed by atoms with Gasteiger partial charge in [-0.05, 0) is 42.0 Å². The van der Waals surface area contributed by atoms with Crippen LogP contribution in [0.1, 0.15) is 11.1 Å². The van der Waals surface area contributed by atoms with Crippen LogP contribution in [0.2, 0.25) is 0 Å². The number of carbonyl (C=O) groups is 2. The molecule has 8 heteroatoms. The Hall–Kier alpha value is -3.78. The van der Waals surface area contributed by atoms with Crippen molar-refractivity contribution in [2.75, 3.05) is 11.1 Å². The molecule has 2 amide bonds. The number of benzene rings is 3. The van der Waals surface area contributed by atoms with E-state index in [1.807, 2.05) is 54.6 Å². The lowest BCUT2D eigenvalue weighted by molar-refractivity contribution is -0.124. The summed E-state index contributed by atoms with van der Waals surface area (Å²) in [6.45, 7) is 0. The average Bonchev–Trinajstić information content (AvgIpc) is 3.16. The molecule has 0 saturated carbocycles. The van der Waals surface area contributed by atoms with Crippen LogP contribution in [0.4, 0.5) is 15.8 Å². The van der Waals surface area contributed by atoms with Gasteiger partial charge in [-0.3, -0.25) is 14.6 Å². The summed E-state index contributed by atoms with van der Waals surface area (Å²) in [5.41, 5.74) is 3.03. The van der Waals surface area contributed by atoms with Gasteiger partial charge in [0.25, 0.3) is 5.91 Å². The third-order valence-corrected chi connectivity index (χ3v) is 6.22. The molecule has 164 valence electrons. The lowest BCUT2D eigenvalue weighted by Gasteiger charge is -2.25. The normalized spacial score (nSPS) is 16.6. The van der Waals surface area contributed by atoms with Gasteiger partial charge in [-0.25, -0.2) is 14.3 Å². The topological polar surface area (TPSA) is 74.1 Å². The highest BCUT2D eigenvalue weighted by Gasteiger charge is 2.41. The molecule has 0 aromatic heterocycles. The molecule has 3 aromatic carbocycles. The van der Waals surface area contributed by atoms with E-state index in [0.29, 0.717) is 28.8 Å². The van der Waals surface area contributed by atoms with Crippen LogP contribution in [0, 0.1) is 5.82 Å². The number of nitrogens with zero attached hydrogens (tertiary/aromatic N) is 3. The van der Waals surface area contributed by atoms with Crippen molar-refractivity contribution >= 4 is 46.0 Å². The SMILES string of the molecule is O=C(CSC1=Nc2ccccc2C2=N[C@@H](Cc3ccccc3)C(=O)N12)Nc1ccc(F)cc1. The van der Waals surface area contributed by atoms with Crippen LogP contribution in [0.25, 0.3) is 0 Å². The van der Waals surface area contributed by atoms with Crippen molar-refractivity contribution in [3.8, 4) is 0 Å². The average molecular weight is 459 g/mol. The highest BCUT2D eigenvalue weighted by Crippen LogP contribution is 2.34. The fourth-order valence-corrected chi connectivity index (χ4v) is 4.53. The molecular weight excluding hydrogens is 439 g/mol. The molecule has 1 N–H and O–H groups in total. The maximum atomic E-state index is 13.3. The Kier molecular flexibility index (Phi) is 5.75. The first-order chi connectivity index (χ1) is 16.1. The number of aliphatic imine (C=N–C) groups is 2. The summed E-state index contributed by atoms with van der Waals surface area (Å²) in [7, 11) is 0. The van der Waals surface area contributed by atoms with Crippen molar-refractivity contribution in [2.24, 2.45) is 9.98 Å². The van der Waals surface area contributed by atoms with Crippen LogP contribution in [0.5, 0.6) is 0 Å². The number of nitrogens with one attached hydrogen (secondary N) is 1. The molecule has 33 heavy (non-hydrogen) atoms. The Morgan fingerprint density at radius 3 is 2.52 bits per heavy atom. The lowest BCUT2D eigenvalue weighted by atomic mass is 10.1. The first kappa shape index (κ1) is 21.1. The molecule has 5 rings (SSSR count). The monoisotopic (exact) mass is 458 g/mol. The van der Waals surface area contributed by atoms with E-state index < -0.39 is 6.04 Å². The van der Waals surface area contributed by atoms with Gasteiger partial charge in [-0.15, -0.1) is 0 Å². The van der Waals surface area contributed by atoms with Crippen molar-refractivity contribution in [1.29, 1.82) is 0 Å². The summed E-state index contributed by atoms with van der Waals surface area (Å²) in [6.07, 6.45) is 0.491. The van der Waals surface area contributed by atoms with Crippen LogP contribution in [0.3, 0.4) is 0 Å². The number of carbonyl (C=O) groups excluding carboxylic acids is 2. The second-order valence-corrected chi connectivity index (χ2v) is 8.53. The van der Waals surface area contributed by atoms with Gasteiger partial charge in [0.05, 0.1) is 11.4 Å². The number of hydrogen-bond acceptors (Lipinski definition) is 5. The highest BCUT2D eigenvalue weighted by molar-refractivity contribution is 8.14. The Bertz CT molecular complexity index is 1280. The number of para-hydroxylation sites is 1. The van der Waals surface area contributed by atoms with Crippen LogP contribution in [-0.4, -0.2) is 39.5 Å². The summed E-state index contributed by atoms with van der Waals surface area (Å²) in [5.74, 6) is -0.207. The molecule has 0 unspecified atom stereocenters. The molecule has 2 aliphatic rings. The Labute approximate surface area is 194 Å². The summed E-state index contributed by atoms with van der Waals surface area (Å²) in [5, 5.41) is 3.14. The molecule has 0 bridgehead atoms. The van der Waals surface area contributed by atoms with Crippen molar-refractivity contribution in [3.63, 3.8) is 0 Å². The van der Waals surface area contributed by atoms with Gasteiger partial charge in [-0.1, -0.05) is 54.2 Å². The molecule has 0 saturated heterocycles. The Morgan fingerprint density at radius 2 is 1.73 bits per heavy atom. The third-order valence-electron chi connectivity index (χ3n) is 5.28. The summed E-state index contributed by atoms with van der Waals surface area (Å²) in [6, 6.07) is 22.3. The molecule has 0 spiro atoms. The van der Waals surface area contributed by atoms with Crippen molar-refractivity contribution < 1.29 is 14.0 Å². The first-order valence-corrected chi connectivity index (χ1v) is 11.4. The van der Waals surface area contributed by atoms with E-state index in [1.165, 1.54) is 40.9 Å². The molecule has 0 fully saturated rings. The van der Waals surface area contributed by atoms with E-state index in [4.69, 9.17) is 4.99 Å². The summed E-state index contributed by atoms with van der Waals surface area (Å²) >= 11 is 1.17. The van der Waals surface area contributed by atoms with Crippen LogP contribution in [0.15, 0.2) is 88.8 Å². The minimum absolute atomic E-state index is 0.0405. The van der Waals surface area contributed by atoms with E-state index in [9.17, 15) is 14.0 Å². The number of rotatable bonds is 5. The fraction of sp³-hybridized carbons (Fsp3) is 0.120. The number of anilines is 1. The predicted octanol–water partition coefficient (Wildman–Crippen LogP) is 4.40. The molecule has 3 aromatic rings. The van der Waals surface area contributed by atoms with Gasteiger partial charge in [0.15, 0.2) is 5.17 Å². The minimum atomic E-state index is -0.549. The maximum Gasteiger partial charge on any atom is 0.259 e. The van der Waals surface area contributed by atoms with Crippen LogP contribution < -0.4 is 5.32 Å². The smallest absolute Gasteiger partial charge is 0.259 e. The van der Waals surface area contributed by atoms with E-state index >= 15 is 0 Å². The van der Waals surface area contributed by atoms with E-state index in [2.05, 4.69) is 10.3 Å². The molecule has 2 aliphatic heterocycles. The molecule has 0 aliphatic carbocycles. The zero-order valence-electron chi connectivity index (χ0n) is 17.4. The Balaban J connectivity index is 1.36. The van der Waals surface area contributed by atoms with E-state index in [1.54, 1.807) is 0 Å². The Morgan fingerprint density at radius 1 is 1.00 bits per heavy atom. The van der Waals surface area contributed by atoms with Gasteiger partial charge in [0, 0.05) is 17.7 Å². The number of fused-ring (bicyclic) bond motifs is 3. The van der Waals surface area contributed by atoms with Crippen LogP contribution >= 0.6 is 11.8 Å². The van der Waals surface area contributed by atoms with Gasteiger partial charge >= 0.3 is 0 Å². The third kappa shape index (κ3) is 4.42. The van der Waals surface area contributed by atoms with E-state index in [0.717, 1.165) is 11.1 Å². The molecule has 0 radical (unpaired) electrons. The van der Waals surface area contributed by atoms with Crippen molar-refractivity contribution in [2.45, 2.75) is 12.5 Å². The zero-order chi connectivity index (χ0) is 22.8. The predicted molar refractivity (Wildman–Crippen MR) is 128 cm³/mol. The maximum absolute atomic E-state index is 13.3. The molecular formula is C25H19FN4O2S. The zero-order valence-corrected chi connectivity index (χ0v) is 18.3. The highest BCUT2D eigenvalue weighted by atomic mass is 32.2. The standard InChI is InChI=1S/C25H19FN4O2S/c26-17-10-12-18(13-11-17)27-22(31)15-33-25-29-20-9-5-4-8-19(20)23-28-21(24(32)30(23)25)14-16-6-2-1-3-7-16/h1-13,21H,14-15H2,(H,27,31)/t21-/m0/s1.